The van der Waals surface area contributed by atoms with Gasteiger partial charge in [-0.25, -0.2) is 0 Å². The van der Waals surface area contributed by atoms with Crippen LogP contribution in [0.2, 0.25) is 0 Å². The van der Waals surface area contributed by atoms with E-state index >= 15 is 0 Å². The molecule has 1 nitrogen and oxygen atoms in total. The first kappa shape index (κ1) is 9.79. The SMILES string of the molecule is CCCC1(CN)C=CCC(C)C1. The van der Waals surface area contributed by atoms with Gasteiger partial charge in [-0.15, -0.1) is 0 Å². The highest BCUT2D eigenvalue weighted by atomic mass is 14.6. The van der Waals surface area contributed by atoms with E-state index in [1.54, 1.807) is 0 Å². The van der Waals surface area contributed by atoms with Gasteiger partial charge in [0, 0.05) is 12.0 Å². The van der Waals surface area contributed by atoms with Crippen LogP contribution in [-0.4, -0.2) is 6.54 Å². The Bertz CT molecular complexity index is 162. The van der Waals surface area contributed by atoms with Gasteiger partial charge in [-0.05, 0) is 25.2 Å². The fraction of sp³-hybridized carbons (Fsp3) is 0.818. The molecule has 0 fully saturated rings. The van der Waals surface area contributed by atoms with Crippen molar-refractivity contribution in [2.24, 2.45) is 17.1 Å². The second-order valence-electron chi connectivity index (χ2n) is 4.26. The quantitative estimate of drug-likeness (QED) is 0.643. The van der Waals surface area contributed by atoms with Gasteiger partial charge in [0.2, 0.25) is 0 Å². The van der Waals surface area contributed by atoms with Crippen molar-refractivity contribution >= 4 is 0 Å². The molecule has 0 aromatic heterocycles. The van der Waals surface area contributed by atoms with E-state index in [1.807, 2.05) is 0 Å². The molecule has 0 radical (unpaired) electrons. The Kier molecular flexibility index (Phi) is 3.33. The third-order valence-corrected chi connectivity index (χ3v) is 2.92. The Labute approximate surface area is 76.0 Å². The van der Waals surface area contributed by atoms with Crippen molar-refractivity contribution in [2.75, 3.05) is 6.54 Å². The van der Waals surface area contributed by atoms with Gasteiger partial charge in [-0.1, -0.05) is 32.4 Å². The van der Waals surface area contributed by atoms with E-state index in [2.05, 4.69) is 26.0 Å². The Balaban J connectivity index is 2.64. The molecule has 0 amide bonds. The van der Waals surface area contributed by atoms with Gasteiger partial charge >= 0.3 is 0 Å². The molecule has 1 rings (SSSR count). The Morgan fingerprint density at radius 1 is 1.58 bits per heavy atom. The van der Waals surface area contributed by atoms with E-state index < -0.39 is 0 Å². The van der Waals surface area contributed by atoms with Crippen LogP contribution < -0.4 is 5.73 Å². The second-order valence-corrected chi connectivity index (χ2v) is 4.26. The maximum Gasteiger partial charge on any atom is 0.00143 e. The predicted octanol–water partition coefficient (Wildman–Crippen LogP) is 2.72. The lowest BCUT2D eigenvalue weighted by molar-refractivity contribution is 0.262. The van der Waals surface area contributed by atoms with Crippen LogP contribution in [0.4, 0.5) is 0 Å². The van der Waals surface area contributed by atoms with Crippen molar-refractivity contribution in [3.05, 3.63) is 12.2 Å². The number of rotatable bonds is 3. The molecule has 0 spiro atoms. The van der Waals surface area contributed by atoms with Crippen LogP contribution in [0.3, 0.4) is 0 Å². The van der Waals surface area contributed by atoms with Gasteiger partial charge in [0.15, 0.2) is 0 Å². The number of hydrogen-bond donors (Lipinski definition) is 1. The number of nitrogens with two attached hydrogens (primary N) is 1. The molecule has 1 aliphatic carbocycles. The standard InChI is InChI=1S/C11H21N/c1-3-6-11(9-12)7-4-5-10(2)8-11/h4,7,10H,3,5-6,8-9,12H2,1-2H3. The minimum atomic E-state index is 0.340. The molecular formula is C11H21N. The molecule has 0 bridgehead atoms. The zero-order valence-electron chi connectivity index (χ0n) is 8.34. The summed E-state index contributed by atoms with van der Waals surface area (Å²) in [5.74, 6) is 0.824. The van der Waals surface area contributed by atoms with Crippen LogP contribution in [0.1, 0.15) is 39.5 Å². The third kappa shape index (κ3) is 2.10. The van der Waals surface area contributed by atoms with E-state index in [0.717, 1.165) is 12.5 Å². The Morgan fingerprint density at radius 2 is 2.33 bits per heavy atom. The van der Waals surface area contributed by atoms with E-state index in [0.29, 0.717) is 5.41 Å². The molecule has 0 aromatic carbocycles. The smallest absolute Gasteiger partial charge is 0.00143 e. The lowest BCUT2D eigenvalue weighted by Gasteiger charge is -2.34. The molecule has 1 aliphatic rings. The molecule has 0 saturated heterocycles. The topological polar surface area (TPSA) is 26.0 Å². The first-order valence-electron chi connectivity index (χ1n) is 5.10. The summed E-state index contributed by atoms with van der Waals surface area (Å²) in [5.41, 5.74) is 6.17. The first-order valence-corrected chi connectivity index (χ1v) is 5.10. The Hall–Kier alpha value is -0.300. The average molecular weight is 167 g/mol. The maximum absolute atomic E-state index is 5.84. The molecule has 0 heterocycles. The van der Waals surface area contributed by atoms with Crippen molar-refractivity contribution in [3.63, 3.8) is 0 Å². The summed E-state index contributed by atoms with van der Waals surface area (Å²) in [4.78, 5) is 0. The van der Waals surface area contributed by atoms with Gasteiger partial charge in [-0.2, -0.15) is 0 Å². The number of allylic oxidation sites excluding steroid dienone is 1. The molecule has 2 atom stereocenters. The van der Waals surface area contributed by atoms with Crippen LogP contribution in [-0.2, 0) is 0 Å². The fourth-order valence-electron chi connectivity index (χ4n) is 2.33. The fourth-order valence-corrected chi connectivity index (χ4v) is 2.33. The summed E-state index contributed by atoms with van der Waals surface area (Å²) < 4.78 is 0. The minimum Gasteiger partial charge on any atom is -0.330 e. The van der Waals surface area contributed by atoms with Crippen molar-refractivity contribution in [2.45, 2.75) is 39.5 Å². The van der Waals surface area contributed by atoms with Crippen LogP contribution >= 0.6 is 0 Å². The van der Waals surface area contributed by atoms with Crippen LogP contribution in [0, 0.1) is 11.3 Å². The molecule has 0 saturated carbocycles. The van der Waals surface area contributed by atoms with Crippen molar-refractivity contribution in [3.8, 4) is 0 Å². The highest BCUT2D eigenvalue weighted by Gasteiger charge is 2.28. The maximum atomic E-state index is 5.84. The van der Waals surface area contributed by atoms with Gasteiger partial charge in [0.05, 0.1) is 0 Å². The summed E-state index contributed by atoms with van der Waals surface area (Å²) in [6.07, 6.45) is 9.70. The molecule has 2 N–H and O–H groups in total. The first-order chi connectivity index (χ1) is 5.72. The van der Waals surface area contributed by atoms with Crippen molar-refractivity contribution in [1.82, 2.24) is 0 Å². The zero-order valence-corrected chi connectivity index (χ0v) is 8.34. The van der Waals surface area contributed by atoms with E-state index in [4.69, 9.17) is 5.73 Å². The van der Waals surface area contributed by atoms with Crippen LogP contribution in [0.25, 0.3) is 0 Å². The van der Waals surface area contributed by atoms with Crippen LogP contribution in [0.5, 0.6) is 0 Å². The highest BCUT2D eigenvalue weighted by Crippen LogP contribution is 2.37. The van der Waals surface area contributed by atoms with Gasteiger partial charge in [0.25, 0.3) is 0 Å². The molecule has 12 heavy (non-hydrogen) atoms. The van der Waals surface area contributed by atoms with Gasteiger partial charge < -0.3 is 5.73 Å². The summed E-state index contributed by atoms with van der Waals surface area (Å²) in [6.45, 7) is 5.38. The van der Waals surface area contributed by atoms with Gasteiger partial charge in [-0.3, -0.25) is 0 Å². The molecular weight excluding hydrogens is 146 g/mol. The number of hydrogen-bond acceptors (Lipinski definition) is 1. The van der Waals surface area contributed by atoms with E-state index in [1.165, 1.54) is 25.7 Å². The largest absolute Gasteiger partial charge is 0.330 e. The minimum absolute atomic E-state index is 0.340. The zero-order chi connectivity index (χ0) is 9.03. The molecule has 2 unspecified atom stereocenters. The van der Waals surface area contributed by atoms with Gasteiger partial charge in [0.1, 0.15) is 0 Å². The van der Waals surface area contributed by atoms with Crippen LogP contribution in [0.15, 0.2) is 12.2 Å². The Morgan fingerprint density at radius 3 is 2.83 bits per heavy atom. The summed E-state index contributed by atoms with van der Waals surface area (Å²) >= 11 is 0. The molecule has 0 aliphatic heterocycles. The van der Waals surface area contributed by atoms with E-state index in [-0.39, 0.29) is 0 Å². The average Bonchev–Trinajstić information content (AvgIpc) is 2.05. The van der Waals surface area contributed by atoms with Crippen molar-refractivity contribution in [1.29, 1.82) is 0 Å². The summed E-state index contributed by atoms with van der Waals surface area (Å²) in [5, 5.41) is 0. The molecule has 70 valence electrons. The summed E-state index contributed by atoms with van der Waals surface area (Å²) in [7, 11) is 0. The van der Waals surface area contributed by atoms with E-state index in [9.17, 15) is 0 Å². The second kappa shape index (κ2) is 4.08. The monoisotopic (exact) mass is 167 g/mol. The molecule has 0 aromatic rings. The summed E-state index contributed by atoms with van der Waals surface area (Å²) in [6, 6.07) is 0. The third-order valence-electron chi connectivity index (χ3n) is 2.92. The predicted molar refractivity (Wildman–Crippen MR) is 53.9 cm³/mol. The highest BCUT2D eigenvalue weighted by molar-refractivity contribution is 5.05. The van der Waals surface area contributed by atoms with Crippen molar-refractivity contribution < 1.29 is 0 Å². The lowest BCUT2D eigenvalue weighted by Crippen LogP contribution is -2.32. The lowest BCUT2D eigenvalue weighted by atomic mass is 9.72. The normalized spacial score (nSPS) is 35.4. The molecule has 1 heteroatoms.